The van der Waals surface area contributed by atoms with Crippen LogP contribution in [0.15, 0.2) is 54.6 Å². The summed E-state index contributed by atoms with van der Waals surface area (Å²) in [6.45, 7) is 1.37. The van der Waals surface area contributed by atoms with Crippen molar-refractivity contribution in [2.24, 2.45) is 5.92 Å². The third kappa shape index (κ3) is 4.21. The van der Waals surface area contributed by atoms with Crippen LogP contribution in [0, 0.1) is 5.92 Å². The Kier molecular flexibility index (Phi) is 5.86. The predicted octanol–water partition coefficient (Wildman–Crippen LogP) is 2.59. The van der Waals surface area contributed by atoms with Crippen molar-refractivity contribution in [2.75, 3.05) is 31.7 Å². The highest BCUT2D eigenvalue weighted by atomic mass is 16.5. The van der Waals surface area contributed by atoms with Crippen LogP contribution in [0.1, 0.15) is 6.42 Å². The molecule has 0 saturated carbocycles. The summed E-state index contributed by atoms with van der Waals surface area (Å²) in [4.78, 5) is 26.3. The van der Waals surface area contributed by atoms with Crippen LogP contribution in [0.2, 0.25) is 0 Å². The molecule has 1 heterocycles. The zero-order chi connectivity index (χ0) is 18.4. The number of ether oxygens (including phenoxy) is 2. The van der Waals surface area contributed by atoms with E-state index >= 15 is 0 Å². The smallest absolute Gasteiger partial charge is 0.239 e. The number of anilines is 1. The lowest BCUT2D eigenvalue weighted by Crippen LogP contribution is -2.38. The number of carbonyl (C=O) groups is 2. The van der Waals surface area contributed by atoms with Gasteiger partial charge in [-0.2, -0.15) is 0 Å². The minimum Gasteiger partial charge on any atom is -0.457 e. The first-order chi connectivity index (χ1) is 12.7. The number of carbonyl (C=O) groups excluding carboxylic acids is 2. The molecule has 2 aromatic carbocycles. The number of hydrogen-bond donors (Lipinski definition) is 1. The summed E-state index contributed by atoms with van der Waals surface area (Å²) in [5, 5.41) is 2.73. The summed E-state index contributed by atoms with van der Waals surface area (Å²) in [7, 11) is 1.57. The van der Waals surface area contributed by atoms with E-state index < -0.39 is 5.92 Å². The molecule has 1 atom stereocenters. The second-order valence-electron chi connectivity index (χ2n) is 6.02. The molecule has 136 valence electrons. The van der Waals surface area contributed by atoms with Crippen LogP contribution >= 0.6 is 0 Å². The molecule has 1 fully saturated rings. The van der Waals surface area contributed by atoms with Crippen molar-refractivity contribution in [3.63, 3.8) is 0 Å². The average Bonchev–Trinajstić information content (AvgIpc) is 3.05. The molecule has 1 aliphatic rings. The van der Waals surface area contributed by atoms with Crippen molar-refractivity contribution in [1.29, 1.82) is 0 Å². The molecule has 6 nitrogen and oxygen atoms in total. The lowest BCUT2D eigenvalue weighted by molar-refractivity contribution is -0.132. The van der Waals surface area contributed by atoms with Gasteiger partial charge in [0, 0.05) is 25.9 Å². The van der Waals surface area contributed by atoms with E-state index in [0.717, 1.165) is 11.4 Å². The van der Waals surface area contributed by atoms with Crippen molar-refractivity contribution in [3.8, 4) is 11.5 Å². The fourth-order valence-electron chi connectivity index (χ4n) is 2.90. The molecule has 0 bridgehead atoms. The largest absolute Gasteiger partial charge is 0.457 e. The molecule has 1 aliphatic heterocycles. The Hall–Kier alpha value is -2.86. The maximum atomic E-state index is 12.6. The van der Waals surface area contributed by atoms with Gasteiger partial charge in [-0.1, -0.05) is 18.2 Å². The van der Waals surface area contributed by atoms with E-state index in [1.54, 1.807) is 12.0 Å². The molecule has 0 spiro atoms. The summed E-state index contributed by atoms with van der Waals surface area (Å²) < 4.78 is 10.7. The van der Waals surface area contributed by atoms with E-state index in [4.69, 9.17) is 9.47 Å². The van der Waals surface area contributed by atoms with E-state index in [9.17, 15) is 9.59 Å². The Morgan fingerprint density at radius 1 is 1.12 bits per heavy atom. The number of methoxy groups -OCH3 is 1. The highest BCUT2D eigenvalue weighted by molar-refractivity contribution is 6.09. The molecule has 0 aromatic heterocycles. The van der Waals surface area contributed by atoms with Gasteiger partial charge in [0.05, 0.1) is 6.61 Å². The van der Waals surface area contributed by atoms with Crippen LogP contribution < -0.4 is 15.0 Å². The lowest BCUT2D eigenvalue weighted by Gasteiger charge is -2.17. The molecule has 1 unspecified atom stereocenters. The van der Waals surface area contributed by atoms with E-state index in [1.165, 1.54) is 0 Å². The van der Waals surface area contributed by atoms with Gasteiger partial charge >= 0.3 is 0 Å². The van der Waals surface area contributed by atoms with Crippen LogP contribution in [0.4, 0.5) is 5.69 Å². The zero-order valence-corrected chi connectivity index (χ0v) is 14.7. The standard InChI is InChI=1S/C20H22N2O4/c1-25-14-12-21-19(23)18-11-13-22(20(18)24)15-7-9-17(10-8-15)26-16-5-3-2-4-6-16/h2-10,18H,11-14H2,1H3,(H,21,23). The van der Waals surface area contributed by atoms with E-state index in [-0.39, 0.29) is 11.8 Å². The maximum Gasteiger partial charge on any atom is 0.239 e. The van der Waals surface area contributed by atoms with Crippen LogP contribution in [0.3, 0.4) is 0 Å². The fraction of sp³-hybridized carbons (Fsp3) is 0.300. The first kappa shape index (κ1) is 17.9. The summed E-state index contributed by atoms with van der Waals surface area (Å²) in [5.41, 5.74) is 0.766. The molecule has 1 saturated heterocycles. The highest BCUT2D eigenvalue weighted by Gasteiger charge is 2.37. The van der Waals surface area contributed by atoms with Crippen molar-refractivity contribution in [3.05, 3.63) is 54.6 Å². The molecule has 0 radical (unpaired) electrons. The Morgan fingerprint density at radius 3 is 2.50 bits per heavy atom. The monoisotopic (exact) mass is 354 g/mol. The van der Waals surface area contributed by atoms with Crippen molar-refractivity contribution < 1.29 is 19.1 Å². The molecule has 1 N–H and O–H groups in total. The first-order valence-corrected chi connectivity index (χ1v) is 8.60. The minimum absolute atomic E-state index is 0.170. The second kappa shape index (κ2) is 8.49. The number of rotatable bonds is 7. The van der Waals surface area contributed by atoms with Gasteiger partial charge in [0.15, 0.2) is 0 Å². The first-order valence-electron chi connectivity index (χ1n) is 8.60. The van der Waals surface area contributed by atoms with E-state index in [1.807, 2.05) is 54.6 Å². The van der Waals surface area contributed by atoms with Crippen LogP contribution in [0.5, 0.6) is 11.5 Å². The van der Waals surface area contributed by atoms with Crippen LogP contribution in [0.25, 0.3) is 0 Å². The van der Waals surface area contributed by atoms with Gasteiger partial charge in [-0.15, -0.1) is 0 Å². The van der Waals surface area contributed by atoms with Crippen molar-refractivity contribution in [2.45, 2.75) is 6.42 Å². The maximum absolute atomic E-state index is 12.6. The van der Waals surface area contributed by atoms with Crippen LogP contribution in [-0.2, 0) is 14.3 Å². The van der Waals surface area contributed by atoms with Gasteiger partial charge in [-0.25, -0.2) is 0 Å². The van der Waals surface area contributed by atoms with E-state index in [2.05, 4.69) is 5.32 Å². The Labute approximate surface area is 152 Å². The average molecular weight is 354 g/mol. The molecule has 0 aliphatic carbocycles. The topological polar surface area (TPSA) is 67.9 Å². The Balaban J connectivity index is 1.61. The van der Waals surface area contributed by atoms with Gasteiger partial charge in [0.2, 0.25) is 11.8 Å². The SMILES string of the molecule is COCCNC(=O)C1CCN(c2ccc(Oc3ccccc3)cc2)C1=O. The number of nitrogens with zero attached hydrogens (tertiary/aromatic N) is 1. The molecule has 6 heteroatoms. The van der Waals surface area contributed by atoms with Gasteiger partial charge in [-0.3, -0.25) is 9.59 Å². The minimum atomic E-state index is -0.632. The summed E-state index contributed by atoms with van der Waals surface area (Å²) >= 11 is 0. The number of hydrogen-bond acceptors (Lipinski definition) is 4. The second-order valence-corrected chi connectivity index (χ2v) is 6.02. The quantitative estimate of drug-likeness (QED) is 0.613. The van der Waals surface area contributed by atoms with Gasteiger partial charge in [0.25, 0.3) is 0 Å². The summed E-state index contributed by atoms with van der Waals surface area (Å²) in [6.07, 6.45) is 0.514. The fourth-order valence-corrected chi connectivity index (χ4v) is 2.90. The molecule has 2 amide bonds. The Morgan fingerprint density at radius 2 is 1.81 bits per heavy atom. The van der Waals surface area contributed by atoms with Crippen LogP contribution in [-0.4, -0.2) is 38.6 Å². The number of amides is 2. The number of para-hydroxylation sites is 1. The van der Waals surface area contributed by atoms with Gasteiger partial charge < -0.3 is 19.7 Å². The zero-order valence-electron chi connectivity index (χ0n) is 14.7. The number of benzene rings is 2. The molecular formula is C20H22N2O4. The predicted molar refractivity (Wildman–Crippen MR) is 98.3 cm³/mol. The lowest BCUT2D eigenvalue weighted by atomic mass is 10.1. The highest BCUT2D eigenvalue weighted by Crippen LogP contribution is 2.28. The molecular weight excluding hydrogens is 332 g/mol. The molecule has 3 rings (SSSR count). The summed E-state index contributed by atoms with van der Waals surface area (Å²) in [5.74, 6) is 0.410. The van der Waals surface area contributed by atoms with Crippen molar-refractivity contribution in [1.82, 2.24) is 5.32 Å². The van der Waals surface area contributed by atoms with Crippen molar-refractivity contribution >= 4 is 17.5 Å². The normalized spacial score (nSPS) is 16.6. The van der Waals surface area contributed by atoms with E-state index in [0.29, 0.717) is 31.9 Å². The molecule has 2 aromatic rings. The summed E-state index contributed by atoms with van der Waals surface area (Å²) in [6, 6.07) is 16.8. The third-order valence-electron chi connectivity index (χ3n) is 4.25. The third-order valence-corrected chi connectivity index (χ3v) is 4.25. The van der Waals surface area contributed by atoms with Gasteiger partial charge in [0.1, 0.15) is 17.4 Å². The molecule has 26 heavy (non-hydrogen) atoms. The van der Waals surface area contributed by atoms with Gasteiger partial charge in [-0.05, 0) is 42.8 Å². The Bertz CT molecular complexity index is 746. The number of nitrogens with one attached hydrogen (secondary N) is 1.